The second-order valence-corrected chi connectivity index (χ2v) is 6.04. The van der Waals surface area contributed by atoms with Gasteiger partial charge in [-0.1, -0.05) is 0 Å². The number of rotatable bonds is 5. The Bertz CT molecular complexity index is 911. The summed E-state index contributed by atoms with van der Waals surface area (Å²) in [5, 5.41) is 2.09. The van der Waals surface area contributed by atoms with E-state index in [2.05, 4.69) is 5.32 Å². The predicted octanol–water partition coefficient (Wildman–Crippen LogP) is 3.00. The van der Waals surface area contributed by atoms with Crippen LogP contribution in [0.5, 0.6) is 0 Å². The number of esters is 1. The van der Waals surface area contributed by atoms with Crippen LogP contribution in [-0.4, -0.2) is 24.4 Å². The number of primary amides is 1. The zero-order chi connectivity index (χ0) is 19.6. The van der Waals surface area contributed by atoms with Gasteiger partial charge in [-0.05, 0) is 31.5 Å². The van der Waals surface area contributed by atoms with Gasteiger partial charge in [0.1, 0.15) is 5.00 Å². The van der Waals surface area contributed by atoms with E-state index in [0.717, 1.165) is 6.07 Å². The van der Waals surface area contributed by atoms with Crippen LogP contribution in [0.1, 0.15) is 42.9 Å². The summed E-state index contributed by atoms with van der Waals surface area (Å²) < 4.78 is 44.9. The molecule has 3 N–H and O–H groups in total. The topological polar surface area (TPSA) is 98.5 Å². The van der Waals surface area contributed by atoms with Crippen LogP contribution >= 0.6 is 11.3 Å². The van der Waals surface area contributed by atoms with E-state index in [1.807, 2.05) is 0 Å². The van der Waals surface area contributed by atoms with E-state index in [1.165, 1.54) is 6.92 Å². The van der Waals surface area contributed by atoms with Crippen LogP contribution in [0, 0.1) is 24.4 Å². The number of anilines is 1. The molecule has 0 aliphatic carbocycles. The molecular weight excluding hydrogens is 373 g/mol. The van der Waals surface area contributed by atoms with Gasteiger partial charge in [-0.25, -0.2) is 18.0 Å². The van der Waals surface area contributed by atoms with Gasteiger partial charge in [0.25, 0.3) is 11.8 Å². The van der Waals surface area contributed by atoms with E-state index >= 15 is 0 Å². The molecule has 1 aromatic carbocycles. The van der Waals surface area contributed by atoms with Crippen molar-refractivity contribution < 1.29 is 32.3 Å². The van der Waals surface area contributed by atoms with Crippen LogP contribution < -0.4 is 11.1 Å². The van der Waals surface area contributed by atoms with Gasteiger partial charge in [0, 0.05) is 0 Å². The van der Waals surface area contributed by atoms with Crippen LogP contribution in [0.2, 0.25) is 0 Å². The van der Waals surface area contributed by atoms with Gasteiger partial charge in [-0.15, -0.1) is 11.3 Å². The molecule has 0 bridgehead atoms. The third-order valence-electron chi connectivity index (χ3n) is 3.36. The number of hydrogen-bond donors (Lipinski definition) is 2. The van der Waals surface area contributed by atoms with E-state index in [4.69, 9.17) is 10.5 Å². The summed E-state index contributed by atoms with van der Waals surface area (Å²) in [7, 11) is 0. The van der Waals surface area contributed by atoms with E-state index < -0.39 is 40.8 Å². The Morgan fingerprint density at radius 3 is 2.42 bits per heavy atom. The fraction of sp³-hybridized carbons (Fsp3) is 0.188. The lowest BCUT2D eigenvalue weighted by molar-refractivity contribution is 0.0527. The van der Waals surface area contributed by atoms with Crippen molar-refractivity contribution in [3.05, 3.63) is 51.2 Å². The predicted molar refractivity (Wildman–Crippen MR) is 87.8 cm³/mol. The van der Waals surface area contributed by atoms with Gasteiger partial charge in [0.15, 0.2) is 17.5 Å². The maximum absolute atomic E-state index is 13.8. The Morgan fingerprint density at radius 2 is 1.85 bits per heavy atom. The first kappa shape index (κ1) is 19.4. The highest BCUT2D eigenvalue weighted by Gasteiger charge is 2.27. The molecule has 0 saturated heterocycles. The lowest BCUT2D eigenvalue weighted by atomic mass is 10.1. The molecule has 0 radical (unpaired) electrons. The summed E-state index contributed by atoms with van der Waals surface area (Å²) in [5.41, 5.74) is 4.52. The van der Waals surface area contributed by atoms with E-state index in [9.17, 15) is 27.6 Å². The minimum Gasteiger partial charge on any atom is -0.462 e. The van der Waals surface area contributed by atoms with Crippen molar-refractivity contribution in [2.75, 3.05) is 11.9 Å². The second kappa shape index (κ2) is 7.56. The normalized spacial score (nSPS) is 10.5. The molecule has 2 amide bonds. The molecule has 10 heteroatoms. The Morgan fingerprint density at radius 1 is 1.19 bits per heavy atom. The average Bonchev–Trinajstić information content (AvgIpc) is 2.89. The summed E-state index contributed by atoms with van der Waals surface area (Å²) in [6, 6.07) is 1.34. The number of thiophene rings is 1. The fourth-order valence-corrected chi connectivity index (χ4v) is 3.20. The minimum absolute atomic E-state index is 0.00545. The molecule has 0 unspecified atom stereocenters. The van der Waals surface area contributed by atoms with Gasteiger partial charge in [-0.2, -0.15) is 0 Å². The maximum Gasteiger partial charge on any atom is 0.341 e. The minimum atomic E-state index is -1.80. The SMILES string of the molecule is CCOC(=O)c1c(NC(=O)c2ccc(F)c(F)c2F)sc(C(N)=O)c1C. The Hall–Kier alpha value is -2.88. The van der Waals surface area contributed by atoms with Crippen molar-refractivity contribution in [1.29, 1.82) is 0 Å². The molecule has 0 aliphatic rings. The molecule has 26 heavy (non-hydrogen) atoms. The van der Waals surface area contributed by atoms with Gasteiger partial charge in [0.05, 0.1) is 22.6 Å². The van der Waals surface area contributed by atoms with Gasteiger partial charge < -0.3 is 15.8 Å². The summed E-state index contributed by atoms with van der Waals surface area (Å²) in [6.07, 6.45) is 0. The Balaban J connectivity index is 2.47. The van der Waals surface area contributed by atoms with Crippen molar-refractivity contribution in [1.82, 2.24) is 0 Å². The first-order valence-electron chi connectivity index (χ1n) is 7.24. The number of carbonyl (C=O) groups excluding carboxylic acids is 3. The van der Waals surface area contributed by atoms with Crippen LogP contribution in [0.15, 0.2) is 12.1 Å². The molecule has 6 nitrogen and oxygen atoms in total. The van der Waals surface area contributed by atoms with Gasteiger partial charge in [0.2, 0.25) is 0 Å². The molecule has 2 aromatic rings. The van der Waals surface area contributed by atoms with Crippen molar-refractivity contribution in [3.8, 4) is 0 Å². The van der Waals surface area contributed by atoms with Crippen LogP contribution in [0.3, 0.4) is 0 Å². The molecule has 2 rings (SSSR count). The molecule has 1 heterocycles. The Kier molecular flexibility index (Phi) is 5.66. The van der Waals surface area contributed by atoms with E-state index in [-0.39, 0.29) is 27.6 Å². The summed E-state index contributed by atoms with van der Waals surface area (Å²) >= 11 is 0.687. The molecule has 0 saturated carbocycles. The number of amides is 2. The zero-order valence-corrected chi connectivity index (χ0v) is 14.4. The average molecular weight is 386 g/mol. The smallest absolute Gasteiger partial charge is 0.341 e. The highest BCUT2D eigenvalue weighted by molar-refractivity contribution is 7.18. The Labute approximate surface area is 149 Å². The van der Waals surface area contributed by atoms with Crippen molar-refractivity contribution >= 4 is 34.1 Å². The van der Waals surface area contributed by atoms with Crippen molar-refractivity contribution in [2.24, 2.45) is 5.73 Å². The summed E-state index contributed by atoms with van der Waals surface area (Å²) in [4.78, 5) is 35.8. The third-order valence-corrected chi connectivity index (χ3v) is 4.58. The molecule has 138 valence electrons. The second-order valence-electron chi connectivity index (χ2n) is 5.02. The highest BCUT2D eigenvalue weighted by atomic mass is 32.1. The number of carbonyl (C=O) groups is 3. The molecule has 0 fully saturated rings. The summed E-state index contributed by atoms with van der Waals surface area (Å²) in [5.74, 6) is -7.72. The van der Waals surface area contributed by atoms with Crippen molar-refractivity contribution in [2.45, 2.75) is 13.8 Å². The number of hydrogen-bond acceptors (Lipinski definition) is 5. The standard InChI is InChI=1S/C16H13F3N2O4S/c1-3-25-16(24)9-6(2)12(13(20)22)26-15(9)21-14(23)7-4-5-8(17)11(19)10(7)18/h4-5H,3H2,1-2H3,(H2,20,22)(H,21,23). The molecule has 1 aromatic heterocycles. The molecule has 0 atom stereocenters. The lowest BCUT2D eigenvalue weighted by Gasteiger charge is -2.08. The monoisotopic (exact) mass is 386 g/mol. The third kappa shape index (κ3) is 3.54. The van der Waals surface area contributed by atoms with E-state index in [1.54, 1.807) is 6.92 Å². The highest BCUT2D eigenvalue weighted by Crippen LogP contribution is 2.34. The summed E-state index contributed by atoms with van der Waals surface area (Å²) in [6.45, 7) is 3.02. The number of ether oxygens (including phenoxy) is 1. The van der Waals surface area contributed by atoms with Crippen LogP contribution in [0.4, 0.5) is 18.2 Å². The van der Waals surface area contributed by atoms with E-state index in [0.29, 0.717) is 17.4 Å². The largest absolute Gasteiger partial charge is 0.462 e. The molecule has 0 spiro atoms. The molecule has 0 aliphatic heterocycles. The number of nitrogens with one attached hydrogen (secondary N) is 1. The van der Waals surface area contributed by atoms with Crippen molar-refractivity contribution in [3.63, 3.8) is 0 Å². The lowest BCUT2D eigenvalue weighted by Crippen LogP contribution is -2.17. The quantitative estimate of drug-likeness (QED) is 0.610. The number of benzene rings is 1. The van der Waals surface area contributed by atoms with Crippen LogP contribution in [0.25, 0.3) is 0 Å². The fourth-order valence-electron chi connectivity index (χ4n) is 2.16. The van der Waals surface area contributed by atoms with Gasteiger partial charge >= 0.3 is 5.97 Å². The zero-order valence-electron chi connectivity index (χ0n) is 13.6. The maximum atomic E-state index is 13.8. The van der Waals surface area contributed by atoms with Gasteiger partial charge in [-0.3, -0.25) is 9.59 Å². The van der Waals surface area contributed by atoms with Crippen LogP contribution in [-0.2, 0) is 4.74 Å². The number of halogens is 3. The first-order chi connectivity index (χ1) is 12.2. The first-order valence-corrected chi connectivity index (χ1v) is 8.05. The number of nitrogens with two attached hydrogens (primary N) is 1. The molecular formula is C16H13F3N2O4S.